The van der Waals surface area contributed by atoms with E-state index in [1.54, 1.807) is 0 Å². The maximum absolute atomic E-state index is 5.59. The molecule has 0 bridgehead atoms. The molecule has 0 aliphatic heterocycles. The van der Waals surface area contributed by atoms with Crippen LogP contribution in [0, 0.1) is 0 Å². The first kappa shape index (κ1) is 15.8. The lowest BCUT2D eigenvalue weighted by Crippen LogP contribution is -2.35. The molecule has 0 fully saturated rings. The summed E-state index contributed by atoms with van der Waals surface area (Å²) < 4.78 is 16.3. The Bertz CT molecular complexity index is 173. The lowest BCUT2D eigenvalue weighted by atomic mass is 10.3. The van der Waals surface area contributed by atoms with E-state index in [2.05, 4.69) is 0 Å². The highest BCUT2D eigenvalue weighted by atomic mass is 16.7. The summed E-state index contributed by atoms with van der Waals surface area (Å²) in [5.74, 6) is -0.620. The minimum atomic E-state index is -0.620. The molecule has 0 aromatic rings. The SMILES string of the molecule is CC(N)COCCOC(C)(C)OCC(C)N. The lowest BCUT2D eigenvalue weighted by Gasteiger charge is -2.26. The Kier molecular flexibility index (Phi) is 7.87. The van der Waals surface area contributed by atoms with Gasteiger partial charge in [-0.05, 0) is 27.7 Å². The zero-order chi connectivity index (χ0) is 12.6. The Labute approximate surface area is 98.4 Å². The molecule has 2 unspecified atom stereocenters. The van der Waals surface area contributed by atoms with Crippen molar-refractivity contribution in [2.45, 2.75) is 45.6 Å². The molecule has 5 heteroatoms. The average molecular weight is 234 g/mol. The Morgan fingerprint density at radius 2 is 1.50 bits per heavy atom. The highest BCUT2D eigenvalue weighted by Gasteiger charge is 2.19. The van der Waals surface area contributed by atoms with Gasteiger partial charge in [0.05, 0.1) is 26.4 Å². The number of ether oxygens (including phenoxy) is 3. The van der Waals surface area contributed by atoms with Crippen molar-refractivity contribution >= 4 is 0 Å². The standard InChI is InChI=1S/C11H26N2O3/c1-9(12)7-14-5-6-15-11(3,4)16-8-10(2)13/h9-10H,5-8,12-13H2,1-4H3. The molecule has 4 N–H and O–H groups in total. The number of hydrogen-bond donors (Lipinski definition) is 2. The van der Waals surface area contributed by atoms with E-state index in [-0.39, 0.29) is 12.1 Å². The van der Waals surface area contributed by atoms with E-state index in [9.17, 15) is 0 Å². The molecule has 0 amide bonds. The van der Waals surface area contributed by atoms with Crippen LogP contribution in [0.25, 0.3) is 0 Å². The molecule has 5 nitrogen and oxygen atoms in total. The van der Waals surface area contributed by atoms with Crippen LogP contribution in [0.3, 0.4) is 0 Å². The Balaban J connectivity index is 3.50. The molecule has 0 saturated heterocycles. The van der Waals surface area contributed by atoms with Crippen LogP contribution in [0.4, 0.5) is 0 Å². The Morgan fingerprint density at radius 1 is 0.938 bits per heavy atom. The molecule has 16 heavy (non-hydrogen) atoms. The largest absolute Gasteiger partial charge is 0.377 e. The van der Waals surface area contributed by atoms with E-state index in [4.69, 9.17) is 25.7 Å². The van der Waals surface area contributed by atoms with Crippen LogP contribution in [0.1, 0.15) is 27.7 Å². The summed E-state index contributed by atoms with van der Waals surface area (Å²) in [7, 11) is 0. The third-order valence-corrected chi connectivity index (χ3v) is 1.75. The van der Waals surface area contributed by atoms with E-state index < -0.39 is 5.79 Å². The average Bonchev–Trinajstić information content (AvgIpc) is 2.14. The van der Waals surface area contributed by atoms with Crippen LogP contribution < -0.4 is 11.5 Å². The number of rotatable bonds is 9. The van der Waals surface area contributed by atoms with Gasteiger partial charge in [0, 0.05) is 12.1 Å². The monoisotopic (exact) mass is 234 g/mol. The van der Waals surface area contributed by atoms with Crippen molar-refractivity contribution in [3.8, 4) is 0 Å². The molecule has 0 heterocycles. The highest BCUT2D eigenvalue weighted by molar-refractivity contribution is 4.58. The molecule has 0 aromatic heterocycles. The first-order valence-electron chi connectivity index (χ1n) is 5.70. The van der Waals surface area contributed by atoms with Crippen molar-refractivity contribution in [3.05, 3.63) is 0 Å². The van der Waals surface area contributed by atoms with Crippen LogP contribution in [-0.2, 0) is 14.2 Å². The molecule has 0 aliphatic carbocycles. The molecular weight excluding hydrogens is 208 g/mol. The summed E-state index contributed by atoms with van der Waals surface area (Å²) in [6.07, 6.45) is 0. The fourth-order valence-electron chi connectivity index (χ4n) is 0.989. The van der Waals surface area contributed by atoms with Gasteiger partial charge in [-0.1, -0.05) is 0 Å². The van der Waals surface area contributed by atoms with Gasteiger partial charge in [0.2, 0.25) is 0 Å². The van der Waals surface area contributed by atoms with Gasteiger partial charge in [0.1, 0.15) is 0 Å². The fraction of sp³-hybridized carbons (Fsp3) is 1.00. The second-order valence-electron chi connectivity index (χ2n) is 4.59. The zero-order valence-electron chi connectivity index (χ0n) is 10.9. The van der Waals surface area contributed by atoms with E-state index in [0.717, 1.165) is 0 Å². The van der Waals surface area contributed by atoms with Crippen molar-refractivity contribution in [3.63, 3.8) is 0 Å². The van der Waals surface area contributed by atoms with Gasteiger partial charge in [-0.25, -0.2) is 0 Å². The fourth-order valence-corrected chi connectivity index (χ4v) is 0.989. The summed E-state index contributed by atoms with van der Waals surface area (Å²) in [6.45, 7) is 9.55. The van der Waals surface area contributed by atoms with Crippen molar-refractivity contribution in [2.75, 3.05) is 26.4 Å². The van der Waals surface area contributed by atoms with Gasteiger partial charge >= 0.3 is 0 Å². The molecule has 0 saturated carbocycles. The van der Waals surface area contributed by atoms with Crippen LogP contribution in [0.5, 0.6) is 0 Å². The normalized spacial score (nSPS) is 16.1. The van der Waals surface area contributed by atoms with E-state index in [0.29, 0.717) is 26.4 Å². The summed E-state index contributed by atoms with van der Waals surface area (Å²) in [6, 6.07) is 0.0690. The van der Waals surface area contributed by atoms with Gasteiger partial charge < -0.3 is 25.7 Å². The second-order valence-corrected chi connectivity index (χ2v) is 4.59. The van der Waals surface area contributed by atoms with E-state index >= 15 is 0 Å². The maximum Gasteiger partial charge on any atom is 0.162 e. The van der Waals surface area contributed by atoms with E-state index in [1.165, 1.54) is 0 Å². The summed E-state index contributed by atoms with van der Waals surface area (Å²) in [4.78, 5) is 0. The van der Waals surface area contributed by atoms with Gasteiger partial charge in [0.25, 0.3) is 0 Å². The number of nitrogens with two attached hydrogens (primary N) is 2. The third-order valence-electron chi connectivity index (χ3n) is 1.75. The second kappa shape index (κ2) is 7.97. The zero-order valence-corrected chi connectivity index (χ0v) is 10.9. The minimum Gasteiger partial charge on any atom is -0.377 e. The Hall–Kier alpha value is -0.200. The van der Waals surface area contributed by atoms with Crippen LogP contribution >= 0.6 is 0 Å². The van der Waals surface area contributed by atoms with Crippen molar-refractivity contribution in [2.24, 2.45) is 11.5 Å². The van der Waals surface area contributed by atoms with Crippen molar-refractivity contribution < 1.29 is 14.2 Å². The predicted molar refractivity (Wildman–Crippen MR) is 64.1 cm³/mol. The summed E-state index contributed by atoms with van der Waals surface area (Å²) in [5.41, 5.74) is 11.1. The summed E-state index contributed by atoms with van der Waals surface area (Å²) >= 11 is 0. The molecular formula is C11H26N2O3. The molecule has 0 radical (unpaired) electrons. The molecule has 0 spiro atoms. The molecule has 98 valence electrons. The minimum absolute atomic E-state index is 0.0113. The molecule has 0 aliphatic rings. The Morgan fingerprint density at radius 3 is 2.00 bits per heavy atom. The first-order valence-corrected chi connectivity index (χ1v) is 5.70. The van der Waals surface area contributed by atoms with Crippen LogP contribution in [0.15, 0.2) is 0 Å². The smallest absolute Gasteiger partial charge is 0.162 e. The molecule has 0 rings (SSSR count). The predicted octanol–water partition coefficient (Wildman–Crippen LogP) is 0.467. The van der Waals surface area contributed by atoms with Crippen LogP contribution in [0.2, 0.25) is 0 Å². The van der Waals surface area contributed by atoms with Crippen molar-refractivity contribution in [1.82, 2.24) is 0 Å². The van der Waals surface area contributed by atoms with Gasteiger partial charge in [0.15, 0.2) is 5.79 Å². The first-order chi connectivity index (χ1) is 7.33. The third kappa shape index (κ3) is 10.3. The molecule has 0 aromatic carbocycles. The summed E-state index contributed by atoms with van der Waals surface area (Å²) in [5, 5.41) is 0. The van der Waals surface area contributed by atoms with Gasteiger partial charge in [-0.2, -0.15) is 0 Å². The highest BCUT2D eigenvalue weighted by Crippen LogP contribution is 2.10. The number of hydrogen-bond acceptors (Lipinski definition) is 5. The topological polar surface area (TPSA) is 79.7 Å². The van der Waals surface area contributed by atoms with Gasteiger partial charge in [-0.15, -0.1) is 0 Å². The molecule has 2 atom stereocenters. The van der Waals surface area contributed by atoms with Crippen molar-refractivity contribution in [1.29, 1.82) is 0 Å². The van der Waals surface area contributed by atoms with Crippen LogP contribution in [-0.4, -0.2) is 44.3 Å². The van der Waals surface area contributed by atoms with Gasteiger partial charge in [-0.3, -0.25) is 0 Å². The quantitative estimate of drug-likeness (QED) is 0.448. The lowest BCUT2D eigenvalue weighted by molar-refractivity contribution is -0.219. The maximum atomic E-state index is 5.59. The van der Waals surface area contributed by atoms with E-state index in [1.807, 2.05) is 27.7 Å².